The highest BCUT2D eigenvalue weighted by molar-refractivity contribution is 5.88. The van der Waals surface area contributed by atoms with E-state index < -0.39 is 0 Å². The van der Waals surface area contributed by atoms with Crippen LogP contribution in [0.5, 0.6) is 0 Å². The zero-order valence-electron chi connectivity index (χ0n) is 17.5. The van der Waals surface area contributed by atoms with Gasteiger partial charge in [0.25, 0.3) is 0 Å². The van der Waals surface area contributed by atoms with Gasteiger partial charge in [-0.1, -0.05) is 42.5 Å². The quantitative estimate of drug-likeness (QED) is 0.818. The summed E-state index contributed by atoms with van der Waals surface area (Å²) in [4.78, 5) is 31.2. The highest BCUT2D eigenvalue weighted by Gasteiger charge is 2.31. The lowest BCUT2D eigenvalue weighted by Crippen LogP contribution is -2.50. The molecule has 2 aromatic carbocycles. The van der Waals surface area contributed by atoms with Crippen LogP contribution in [0.1, 0.15) is 24.1 Å². The summed E-state index contributed by atoms with van der Waals surface area (Å²) in [6.45, 7) is 5.63. The summed E-state index contributed by atoms with van der Waals surface area (Å²) in [5, 5.41) is 2.80. The molecule has 6 heteroatoms. The Labute approximate surface area is 173 Å². The van der Waals surface area contributed by atoms with E-state index in [0.29, 0.717) is 6.54 Å². The highest BCUT2D eigenvalue weighted by Crippen LogP contribution is 2.25. The molecule has 1 aliphatic heterocycles. The lowest BCUT2D eigenvalue weighted by atomic mass is 10.0. The molecule has 1 atom stereocenters. The summed E-state index contributed by atoms with van der Waals surface area (Å²) in [6.07, 6.45) is 0. The Hall–Kier alpha value is -2.70. The van der Waals surface area contributed by atoms with Crippen molar-refractivity contribution in [3.63, 3.8) is 0 Å². The fraction of sp³-hybridized carbons (Fsp3) is 0.391. The van der Waals surface area contributed by atoms with Crippen LogP contribution in [0.25, 0.3) is 0 Å². The van der Waals surface area contributed by atoms with E-state index in [4.69, 9.17) is 0 Å². The van der Waals surface area contributed by atoms with Crippen molar-refractivity contribution >= 4 is 17.5 Å². The molecule has 1 N–H and O–H groups in total. The van der Waals surface area contributed by atoms with Gasteiger partial charge in [-0.25, -0.2) is 0 Å². The molecule has 0 aliphatic carbocycles. The van der Waals surface area contributed by atoms with Crippen LogP contribution in [-0.4, -0.2) is 66.8 Å². The maximum atomic E-state index is 13.5. The Morgan fingerprint density at radius 2 is 1.72 bits per heavy atom. The first-order chi connectivity index (χ1) is 13.9. The van der Waals surface area contributed by atoms with E-state index in [-0.39, 0.29) is 17.9 Å². The van der Waals surface area contributed by atoms with Gasteiger partial charge < -0.3 is 15.1 Å². The van der Waals surface area contributed by atoms with Crippen molar-refractivity contribution in [2.24, 2.45) is 0 Å². The highest BCUT2D eigenvalue weighted by atomic mass is 16.2. The van der Waals surface area contributed by atoms with E-state index in [0.717, 1.165) is 43.0 Å². The second kappa shape index (κ2) is 9.67. The molecule has 2 amide bonds. The topological polar surface area (TPSA) is 55.9 Å². The van der Waals surface area contributed by atoms with Crippen LogP contribution in [0.15, 0.2) is 54.6 Å². The monoisotopic (exact) mass is 394 g/mol. The van der Waals surface area contributed by atoms with Gasteiger partial charge >= 0.3 is 0 Å². The molecule has 1 saturated heterocycles. The van der Waals surface area contributed by atoms with Crippen LogP contribution >= 0.6 is 0 Å². The van der Waals surface area contributed by atoms with Crippen molar-refractivity contribution in [2.75, 3.05) is 45.6 Å². The molecule has 1 aliphatic rings. The van der Waals surface area contributed by atoms with Crippen LogP contribution in [0.4, 0.5) is 5.69 Å². The molecular formula is C23H30N4O2. The Bertz CT molecular complexity index is 832. The van der Waals surface area contributed by atoms with E-state index in [9.17, 15) is 9.59 Å². The molecule has 2 aromatic rings. The predicted molar refractivity (Wildman–Crippen MR) is 115 cm³/mol. The average Bonchev–Trinajstić information content (AvgIpc) is 2.70. The molecule has 29 heavy (non-hydrogen) atoms. The Balaban J connectivity index is 1.77. The number of likely N-dealkylation sites (N-methyl/N-ethyl adjacent to an activating group) is 2. The van der Waals surface area contributed by atoms with Crippen molar-refractivity contribution in [3.8, 4) is 0 Å². The fourth-order valence-electron chi connectivity index (χ4n) is 3.74. The third kappa shape index (κ3) is 5.65. The van der Waals surface area contributed by atoms with E-state index in [1.807, 2.05) is 61.6 Å². The van der Waals surface area contributed by atoms with Gasteiger partial charge in [0.05, 0.1) is 0 Å². The number of nitrogens with one attached hydrogen (secondary N) is 1. The Kier molecular flexibility index (Phi) is 7.01. The van der Waals surface area contributed by atoms with Gasteiger partial charge in [0.1, 0.15) is 6.04 Å². The van der Waals surface area contributed by atoms with E-state index in [1.54, 1.807) is 4.90 Å². The van der Waals surface area contributed by atoms with Gasteiger partial charge in [0.15, 0.2) is 0 Å². The van der Waals surface area contributed by atoms with Crippen molar-refractivity contribution in [3.05, 3.63) is 65.7 Å². The fourth-order valence-corrected chi connectivity index (χ4v) is 3.74. The second-order valence-electron chi connectivity index (χ2n) is 7.73. The zero-order valence-corrected chi connectivity index (χ0v) is 17.5. The third-order valence-electron chi connectivity index (χ3n) is 5.30. The van der Waals surface area contributed by atoms with Crippen molar-refractivity contribution in [1.82, 2.24) is 14.7 Å². The first-order valence-electron chi connectivity index (χ1n) is 10.0. The third-order valence-corrected chi connectivity index (χ3v) is 5.30. The van der Waals surface area contributed by atoms with Crippen molar-refractivity contribution < 1.29 is 9.59 Å². The smallest absolute Gasteiger partial charge is 0.244 e. The predicted octanol–water partition coefficient (Wildman–Crippen LogP) is 2.59. The van der Waals surface area contributed by atoms with Gasteiger partial charge in [-0.2, -0.15) is 0 Å². The number of nitrogens with zero attached hydrogens (tertiary/aromatic N) is 3. The molecule has 0 radical (unpaired) electrons. The van der Waals surface area contributed by atoms with Crippen LogP contribution < -0.4 is 5.32 Å². The number of piperazine rings is 1. The summed E-state index contributed by atoms with van der Waals surface area (Å²) >= 11 is 0. The molecule has 154 valence electrons. The Morgan fingerprint density at radius 3 is 2.38 bits per heavy atom. The molecule has 0 saturated carbocycles. The van der Waals surface area contributed by atoms with Crippen LogP contribution in [-0.2, 0) is 16.1 Å². The number of hydrogen-bond acceptors (Lipinski definition) is 4. The van der Waals surface area contributed by atoms with E-state index >= 15 is 0 Å². The number of carbonyl (C=O) groups is 2. The number of benzene rings is 2. The normalized spacial score (nSPS) is 16.2. The molecular weight excluding hydrogens is 364 g/mol. The van der Waals surface area contributed by atoms with E-state index in [2.05, 4.69) is 22.2 Å². The molecule has 1 heterocycles. The van der Waals surface area contributed by atoms with Gasteiger partial charge in [0.2, 0.25) is 11.8 Å². The maximum Gasteiger partial charge on any atom is 0.244 e. The average molecular weight is 395 g/mol. The number of amides is 2. The van der Waals surface area contributed by atoms with Crippen LogP contribution in [0, 0.1) is 0 Å². The minimum Gasteiger partial charge on any atom is -0.340 e. The van der Waals surface area contributed by atoms with Gasteiger partial charge in [-0.3, -0.25) is 14.5 Å². The zero-order chi connectivity index (χ0) is 20.8. The number of rotatable bonds is 6. The maximum absolute atomic E-state index is 13.5. The van der Waals surface area contributed by atoms with Crippen molar-refractivity contribution in [1.29, 1.82) is 0 Å². The number of anilines is 1. The molecule has 0 bridgehead atoms. The molecule has 0 aromatic heterocycles. The molecule has 6 nitrogen and oxygen atoms in total. The Morgan fingerprint density at radius 1 is 1.03 bits per heavy atom. The standard InChI is InChI=1S/C23H30N4O2/c1-18(28)24-21-11-7-8-19(16-21)17-26(3)23(29)22(20-9-5-4-6-10-20)27-14-12-25(2)13-15-27/h4-11,16,22H,12-15,17H2,1-3H3,(H,24,28). The van der Waals surface area contributed by atoms with Crippen molar-refractivity contribution in [2.45, 2.75) is 19.5 Å². The minimum atomic E-state index is -0.284. The minimum absolute atomic E-state index is 0.0886. The summed E-state index contributed by atoms with van der Waals surface area (Å²) in [6, 6.07) is 17.4. The first kappa shape index (κ1) is 21.0. The number of hydrogen-bond donors (Lipinski definition) is 1. The van der Waals surface area contributed by atoms with Crippen LogP contribution in [0.2, 0.25) is 0 Å². The largest absolute Gasteiger partial charge is 0.340 e. The molecule has 1 fully saturated rings. The molecule has 0 spiro atoms. The van der Waals surface area contributed by atoms with Crippen LogP contribution in [0.3, 0.4) is 0 Å². The summed E-state index contributed by atoms with van der Waals surface area (Å²) in [5.74, 6) is -0.0172. The summed E-state index contributed by atoms with van der Waals surface area (Å²) in [7, 11) is 3.96. The molecule has 1 unspecified atom stereocenters. The molecule has 3 rings (SSSR count). The van der Waals surface area contributed by atoms with E-state index in [1.165, 1.54) is 6.92 Å². The van der Waals surface area contributed by atoms with Gasteiger partial charge in [0, 0.05) is 52.4 Å². The summed E-state index contributed by atoms with van der Waals surface area (Å²) in [5.41, 5.74) is 2.76. The number of carbonyl (C=O) groups excluding carboxylic acids is 2. The SMILES string of the molecule is CC(=O)Nc1cccc(CN(C)C(=O)C(c2ccccc2)N2CCN(C)CC2)c1. The van der Waals surface area contributed by atoms with Gasteiger partial charge in [-0.05, 0) is 30.3 Å². The summed E-state index contributed by atoms with van der Waals surface area (Å²) < 4.78 is 0. The lowest BCUT2D eigenvalue weighted by molar-refractivity contribution is -0.137. The lowest BCUT2D eigenvalue weighted by Gasteiger charge is -2.38. The first-order valence-corrected chi connectivity index (χ1v) is 10.0. The van der Waals surface area contributed by atoms with Gasteiger partial charge in [-0.15, -0.1) is 0 Å². The second-order valence-corrected chi connectivity index (χ2v) is 7.73.